The number of thiocarbonyl (C=S) groups is 1. The summed E-state index contributed by atoms with van der Waals surface area (Å²) in [4.78, 5) is 0.351. The SMILES string of the molecule is Cc1c(C(=S)NC2CCCCC2O)nn(-c2ccc(Cl)cc2Cl)c1-c1ccc(OS(=O)(=O)CCC(F)(F)F)cc1. The van der Waals surface area contributed by atoms with Crippen molar-refractivity contribution in [3.05, 3.63) is 63.8 Å². The number of benzene rings is 2. The molecule has 1 aliphatic rings. The van der Waals surface area contributed by atoms with Gasteiger partial charge in [0.1, 0.15) is 16.4 Å². The van der Waals surface area contributed by atoms with E-state index < -0.39 is 34.6 Å². The lowest BCUT2D eigenvalue weighted by molar-refractivity contribution is -0.130. The molecule has 40 heavy (non-hydrogen) atoms. The van der Waals surface area contributed by atoms with Crippen molar-refractivity contribution in [1.82, 2.24) is 15.1 Å². The molecule has 0 aliphatic heterocycles. The normalized spacial score (nSPS) is 18.0. The maximum atomic E-state index is 12.5. The van der Waals surface area contributed by atoms with Crippen LogP contribution in [0.5, 0.6) is 5.75 Å². The van der Waals surface area contributed by atoms with Gasteiger partial charge >= 0.3 is 16.3 Å². The molecule has 4 rings (SSSR count). The van der Waals surface area contributed by atoms with E-state index >= 15 is 0 Å². The van der Waals surface area contributed by atoms with Gasteiger partial charge in [-0.05, 0) is 62.2 Å². The van der Waals surface area contributed by atoms with Gasteiger partial charge in [-0.15, -0.1) is 0 Å². The van der Waals surface area contributed by atoms with Crippen LogP contribution in [0.2, 0.25) is 10.0 Å². The van der Waals surface area contributed by atoms with Gasteiger partial charge in [0.2, 0.25) is 0 Å². The average molecular weight is 637 g/mol. The molecule has 7 nitrogen and oxygen atoms in total. The van der Waals surface area contributed by atoms with Crippen LogP contribution in [0.4, 0.5) is 13.2 Å². The van der Waals surface area contributed by atoms with Gasteiger partial charge in [0.15, 0.2) is 0 Å². The number of aromatic nitrogens is 2. The number of aliphatic hydroxyl groups is 1. The Bertz CT molecular complexity index is 1500. The third kappa shape index (κ3) is 7.47. The van der Waals surface area contributed by atoms with E-state index in [1.165, 1.54) is 12.1 Å². The molecular weight excluding hydrogens is 610 g/mol. The van der Waals surface area contributed by atoms with Gasteiger partial charge in [-0.2, -0.15) is 26.7 Å². The summed E-state index contributed by atoms with van der Waals surface area (Å²) in [5, 5.41) is 19.1. The molecule has 216 valence electrons. The number of nitrogens with one attached hydrogen (secondary N) is 1. The number of aliphatic hydroxyl groups excluding tert-OH is 1. The van der Waals surface area contributed by atoms with Crippen molar-refractivity contribution in [3.63, 3.8) is 0 Å². The van der Waals surface area contributed by atoms with E-state index in [-0.39, 0.29) is 11.8 Å². The summed E-state index contributed by atoms with van der Waals surface area (Å²) in [6.07, 6.45) is -3.30. The van der Waals surface area contributed by atoms with Gasteiger partial charge in [-0.1, -0.05) is 48.3 Å². The van der Waals surface area contributed by atoms with E-state index in [9.17, 15) is 26.7 Å². The number of halogens is 5. The van der Waals surface area contributed by atoms with Crippen molar-refractivity contribution in [1.29, 1.82) is 0 Å². The molecule has 0 spiro atoms. The summed E-state index contributed by atoms with van der Waals surface area (Å²) < 4.78 is 67.9. The third-order valence-electron chi connectivity index (χ3n) is 6.51. The largest absolute Gasteiger partial charge is 0.391 e. The minimum Gasteiger partial charge on any atom is -0.391 e. The zero-order valence-corrected chi connectivity index (χ0v) is 24.4. The predicted molar refractivity (Wildman–Crippen MR) is 152 cm³/mol. The Morgan fingerprint density at radius 2 is 1.85 bits per heavy atom. The van der Waals surface area contributed by atoms with Crippen LogP contribution < -0.4 is 9.50 Å². The number of alkyl halides is 3. The third-order valence-corrected chi connectivity index (χ3v) is 8.51. The standard InChI is InChI=1S/C26H26Cl2F3N3O4S2/c1-15-23(25(39)32-20-4-2-3-5-22(20)35)33-34(21-11-8-17(27)14-19(21)28)24(15)16-6-9-18(10-7-16)38-40(36,37)13-12-26(29,30)31/h6-11,14,20,22,35H,2-5,12-13H2,1H3,(H,32,39). The molecular formula is C26H26Cl2F3N3O4S2. The van der Waals surface area contributed by atoms with Crippen molar-refractivity contribution < 1.29 is 30.9 Å². The minimum absolute atomic E-state index is 0.136. The van der Waals surface area contributed by atoms with Crippen molar-refractivity contribution in [2.45, 2.75) is 57.3 Å². The molecule has 2 unspecified atom stereocenters. The van der Waals surface area contributed by atoms with E-state index in [0.717, 1.165) is 19.3 Å². The molecule has 1 aromatic heterocycles. The van der Waals surface area contributed by atoms with E-state index in [1.807, 2.05) is 6.92 Å². The van der Waals surface area contributed by atoms with Crippen LogP contribution in [0.1, 0.15) is 43.4 Å². The zero-order chi connectivity index (χ0) is 29.2. The molecule has 2 N–H and O–H groups in total. The van der Waals surface area contributed by atoms with Gasteiger partial charge in [-0.3, -0.25) is 0 Å². The summed E-state index contributed by atoms with van der Waals surface area (Å²) in [6, 6.07) is 10.5. The summed E-state index contributed by atoms with van der Waals surface area (Å²) >= 11 is 18.3. The Kier molecular flexibility index (Phi) is 9.35. The Morgan fingerprint density at radius 3 is 2.48 bits per heavy atom. The van der Waals surface area contributed by atoms with Gasteiger partial charge < -0.3 is 14.6 Å². The number of nitrogens with zero attached hydrogens (tertiary/aromatic N) is 2. The Balaban J connectivity index is 1.69. The highest BCUT2D eigenvalue weighted by Crippen LogP contribution is 2.34. The first-order valence-electron chi connectivity index (χ1n) is 12.4. The van der Waals surface area contributed by atoms with Crippen molar-refractivity contribution >= 4 is 50.5 Å². The lowest BCUT2D eigenvalue weighted by Crippen LogP contribution is -2.45. The van der Waals surface area contributed by atoms with Gasteiger partial charge in [0, 0.05) is 16.1 Å². The predicted octanol–water partition coefficient (Wildman–Crippen LogP) is 6.38. The summed E-state index contributed by atoms with van der Waals surface area (Å²) in [6.45, 7) is 1.81. The van der Waals surface area contributed by atoms with Crippen LogP contribution in [-0.4, -0.2) is 52.4 Å². The van der Waals surface area contributed by atoms with Crippen LogP contribution in [-0.2, 0) is 10.1 Å². The van der Waals surface area contributed by atoms with Gasteiger partial charge in [0.25, 0.3) is 0 Å². The van der Waals surface area contributed by atoms with Gasteiger partial charge in [-0.25, -0.2) is 4.68 Å². The van der Waals surface area contributed by atoms with Gasteiger partial charge in [0.05, 0.1) is 40.7 Å². The Labute approximate surface area is 245 Å². The number of hydrogen-bond acceptors (Lipinski definition) is 6. The molecule has 0 radical (unpaired) electrons. The average Bonchev–Trinajstić information content (AvgIpc) is 3.21. The maximum Gasteiger partial charge on any atom is 0.390 e. The van der Waals surface area contributed by atoms with Crippen LogP contribution in [0.25, 0.3) is 16.9 Å². The second-order valence-electron chi connectivity index (χ2n) is 9.50. The topological polar surface area (TPSA) is 93.4 Å². The van der Waals surface area contributed by atoms with E-state index in [0.29, 0.717) is 49.7 Å². The summed E-state index contributed by atoms with van der Waals surface area (Å²) in [5.41, 5.74) is 2.82. The van der Waals surface area contributed by atoms with Crippen LogP contribution in [0.3, 0.4) is 0 Å². The van der Waals surface area contributed by atoms with Crippen molar-refractivity contribution in [2.24, 2.45) is 0 Å². The molecule has 1 aliphatic carbocycles. The Morgan fingerprint density at radius 1 is 1.18 bits per heavy atom. The fourth-order valence-electron chi connectivity index (χ4n) is 4.49. The molecule has 1 fully saturated rings. The van der Waals surface area contributed by atoms with E-state index in [4.69, 9.17) is 44.7 Å². The lowest BCUT2D eigenvalue weighted by Gasteiger charge is -2.29. The van der Waals surface area contributed by atoms with E-state index in [2.05, 4.69) is 5.32 Å². The van der Waals surface area contributed by atoms with Crippen LogP contribution in [0.15, 0.2) is 42.5 Å². The molecule has 1 heterocycles. The summed E-state index contributed by atoms with van der Waals surface area (Å²) in [5.74, 6) is -1.33. The fraction of sp³-hybridized carbons (Fsp3) is 0.385. The molecule has 14 heteroatoms. The van der Waals surface area contributed by atoms with Crippen LogP contribution in [0, 0.1) is 6.92 Å². The molecule has 1 saturated carbocycles. The first kappa shape index (κ1) is 30.6. The smallest absolute Gasteiger partial charge is 0.390 e. The highest BCUT2D eigenvalue weighted by molar-refractivity contribution is 7.87. The van der Waals surface area contributed by atoms with E-state index in [1.54, 1.807) is 35.0 Å². The lowest BCUT2D eigenvalue weighted by atomic mass is 9.92. The second-order valence-corrected chi connectivity index (χ2v) is 12.4. The zero-order valence-electron chi connectivity index (χ0n) is 21.2. The highest BCUT2D eigenvalue weighted by Gasteiger charge is 2.31. The quantitative estimate of drug-likeness (QED) is 0.219. The highest BCUT2D eigenvalue weighted by atomic mass is 35.5. The maximum absolute atomic E-state index is 12.5. The molecule has 2 atom stereocenters. The molecule has 0 bridgehead atoms. The number of rotatable bonds is 8. The Hall–Kier alpha value is -2.38. The van der Waals surface area contributed by atoms with Crippen LogP contribution >= 0.6 is 35.4 Å². The first-order chi connectivity index (χ1) is 18.7. The second kappa shape index (κ2) is 12.2. The summed E-state index contributed by atoms with van der Waals surface area (Å²) in [7, 11) is -4.45. The molecule has 0 amide bonds. The van der Waals surface area contributed by atoms with Crippen molar-refractivity contribution in [2.75, 3.05) is 5.75 Å². The molecule has 3 aromatic rings. The fourth-order valence-corrected chi connectivity index (χ4v) is 6.29. The minimum atomic E-state index is -4.62. The monoisotopic (exact) mass is 635 g/mol. The van der Waals surface area contributed by atoms with Crippen molar-refractivity contribution in [3.8, 4) is 22.7 Å². The number of hydrogen-bond donors (Lipinski definition) is 2. The molecule has 2 aromatic carbocycles. The first-order valence-corrected chi connectivity index (χ1v) is 15.1. The molecule has 0 saturated heterocycles.